The van der Waals surface area contributed by atoms with Gasteiger partial charge < -0.3 is 10.6 Å². The van der Waals surface area contributed by atoms with Crippen molar-refractivity contribution in [3.05, 3.63) is 0 Å². The summed E-state index contributed by atoms with van der Waals surface area (Å²) in [5.41, 5.74) is 5.62. The van der Waals surface area contributed by atoms with E-state index < -0.39 is 0 Å². The third kappa shape index (κ3) is 8.88. The van der Waals surface area contributed by atoms with Gasteiger partial charge in [0, 0.05) is 12.6 Å². The van der Waals surface area contributed by atoms with Crippen molar-refractivity contribution in [3.8, 4) is 0 Å². The Morgan fingerprint density at radius 3 is 2.07 bits per heavy atom. The Morgan fingerprint density at radius 2 is 1.53 bits per heavy atom. The minimum absolute atomic E-state index is 0.532. The molecule has 0 radical (unpaired) electrons. The van der Waals surface area contributed by atoms with Gasteiger partial charge in [-0.25, -0.2) is 0 Å². The lowest BCUT2D eigenvalue weighted by Crippen LogP contribution is -2.35. The van der Waals surface area contributed by atoms with Crippen LogP contribution in [0.2, 0.25) is 0 Å². The standard InChI is InChI=1S/C13H30N2/c1-4-5-6-7-8-9-10-11-15(3)13(2)12-14/h13H,4-12,14H2,1-3H3. The molecule has 0 saturated heterocycles. The number of nitrogens with two attached hydrogens (primary N) is 1. The lowest BCUT2D eigenvalue weighted by molar-refractivity contribution is 0.256. The smallest absolute Gasteiger partial charge is 0.0187 e. The molecule has 92 valence electrons. The van der Waals surface area contributed by atoms with Crippen LogP contribution in [0, 0.1) is 0 Å². The maximum absolute atomic E-state index is 5.62. The van der Waals surface area contributed by atoms with Crippen LogP contribution in [-0.4, -0.2) is 31.1 Å². The minimum atomic E-state index is 0.532. The summed E-state index contributed by atoms with van der Waals surface area (Å²) in [6, 6.07) is 0.532. The summed E-state index contributed by atoms with van der Waals surface area (Å²) in [7, 11) is 2.18. The van der Waals surface area contributed by atoms with E-state index in [-0.39, 0.29) is 0 Å². The predicted molar refractivity (Wildman–Crippen MR) is 69.1 cm³/mol. The molecular weight excluding hydrogens is 184 g/mol. The van der Waals surface area contributed by atoms with Crippen LogP contribution in [0.25, 0.3) is 0 Å². The Bertz CT molecular complexity index is 126. The lowest BCUT2D eigenvalue weighted by atomic mass is 10.1. The van der Waals surface area contributed by atoms with Crippen molar-refractivity contribution < 1.29 is 0 Å². The molecule has 2 N–H and O–H groups in total. The van der Waals surface area contributed by atoms with Crippen molar-refractivity contribution >= 4 is 0 Å². The van der Waals surface area contributed by atoms with E-state index in [1.807, 2.05) is 0 Å². The molecule has 1 unspecified atom stereocenters. The van der Waals surface area contributed by atoms with Gasteiger partial charge in [0.1, 0.15) is 0 Å². The largest absolute Gasteiger partial charge is 0.329 e. The molecule has 0 heterocycles. The van der Waals surface area contributed by atoms with E-state index in [1.165, 1.54) is 51.5 Å². The van der Waals surface area contributed by atoms with E-state index in [9.17, 15) is 0 Å². The minimum Gasteiger partial charge on any atom is -0.329 e. The molecule has 0 aliphatic heterocycles. The molecule has 0 spiro atoms. The van der Waals surface area contributed by atoms with Crippen LogP contribution in [0.15, 0.2) is 0 Å². The molecule has 0 aromatic rings. The summed E-state index contributed by atoms with van der Waals surface area (Å²) in [5, 5.41) is 0. The molecule has 0 aromatic carbocycles. The fourth-order valence-corrected chi connectivity index (χ4v) is 1.72. The van der Waals surface area contributed by atoms with Crippen LogP contribution < -0.4 is 5.73 Å². The molecule has 15 heavy (non-hydrogen) atoms. The zero-order chi connectivity index (χ0) is 11.5. The van der Waals surface area contributed by atoms with Gasteiger partial charge in [0.2, 0.25) is 0 Å². The van der Waals surface area contributed by atoms with Crippen LogP contribution >= 0.6 is 0 Å². The zero-order valence-electron chi connectivity index (χ0n) is 11.0. The van der Waals surface area contributed by atoms with E-state index in [0.717, 1.165) is 6.54 Å². The third-order valence-electron chi connectivity index (χ3n) is 3.21. The summed E-state index contributed by atoms with van der Waals surface area (Å²) in [4.78, 5) is 2.37. The molecular formula is C13H30N2. The first-order valence-corrected chi connectivity index (χ1v) is 6.62. The average molecular weight is 214 g/mol. The highest BCUT2D eigenvalue weighted by Crippen LogP contribution is 2.07. The van der Waals surface area contributed by atoms with Gasteiger partial charge in [-0.15, -0.1) is 0 Å². The number of rotatable bonds is 10. The molecule has 0 saturated carbocycles. The van der Waals surface area contributed by atoms with E-state index >= 15 is 0 Å². The van der Waals surface area contributed by atoms with Crippen molar-refractivity contribution in [2.75, 3.05) is 20.1 Å². The van der Waals surface area contributed by atoms with Gasteiger partial charge in [-0.3, -0.25) is 0 Å². The zero-order valence-corrected chi connectivity index (χ0v) is 11.0. The van der Waals surface area contributed by atoms with Crippen LogP contribution in [0.5, 0.6) is 0 Å². The van der Waals surface area contributed by atoms with Gasteiger partial charge >= 0.3 is 0 Å². The summed E-state index contributed by atoms with van der Waals surface area (Å²) in [6.45, 7) is 6.43. The maximum Gasteiger partial charge on any atom is 0.0187 e. The van der Waals surface area contributed by atoms with Crippen molar-refractivity contribution in [2.24, 2.45) is 5.73 Å². The highest BCUT2D eigenvalue weighted by atomic mass is 15.1. The quantitative estimate of drug-likeness (QED) is 0.566. The normalized spacial score (nSPS) is 13.4. The second-order valence-electron chi connectivity index (χ2n) is 4.69. The summed E-state index contributed by atoms with van der Waals surface area (Å²) >= 11 is 0. The van der Waals surface area contributed by atoms with Crippen molar-refractivity contribution in [1.29, 1.82) is 0 Å². The Hall–Kier alpha value is -0.0800. The fraction of sp³-hybridized carbons (Fsp3) is 1.00. The molecule has 2 heteroatoms. The highest BCUT2D eigenvalue weighted by Gasteiger charge is 2.05. The van der Waals surface area contributed by atoms with Crippen LogP contribution in [0.4, 0.5) is 0 Å². The van der Waals surface area contributed by atoms with Crippen LogP contribution in [-0.2, 0) is 0 Å². The number of likely N-dealkylation sites (N-methyl/N-ethyl adjacent to an activating group) is 1. The van der Waals surface area contributed by atoms with Crippen LogP contribution in [0.3, 0.4) is 0 Å². The Labute approximate surface area is 96.2 Å². The van der Waals surface area contributed by atoms with Crippen LogP contribution in [0.1, 0.15) is 58.8 Å². The van der Waals surface area contributed by atoms with E-state index in [4.69, 9.17) is 5.73 Å². The monoisotopic (exact) mass is 214 g/mol. The van der Waals surface area contributed by atoms with Gasteiger partial charge in [-0.05, 0) is 26.9 Å². The van der Waals surface area contributed by atoms with Gasteiger partial charge in [-0.1, -0.05) is 45.4 Å². The molecule has 1 atom stereocenters. The van der Waals surface area contributed by atoms with Crippen molar-refractivity contribution in [2.45, 2.75) is 64.8 Å². The first-order valence-electron chi connectivity index (χ1n) is 6.62. The molecule has 0 fully saturated rings. The third-order valence-corrected chi connectivity index (χ3v) is 3.21. The van der Waals surface area contributed by atoms with Gasteiger partial charge in [0.15, 0.2) is 0 Å². The van der Waals surface area contributed by atoms with Gasteiger partial charge in [0.25, 0.3) is 0 Å². The van der Waals surface area contributed by atoms with E-state index in [1.54, 1.807) is 0 Å². The SMILES string of the molecule is CCCCCCCCCN(C)C(C)CN. The van der Waals surface area contributed by atoms with Crippen molar-refractivity contribution in [3.63, 3.8) is 0 Å². The molecule has 2 nitrogen and oxygen atoms in total. The first kappa shape index (κ1) is 14.9. The molecule has 0 amide bonds. The Balaban J connectivity index is 3.16. The van der Waals surface area contributed by atoms with E-state index in [0.29, 0.717) is 6.04 Å². The number of hydrogen-bond donors (Lipinski definition) is 1. The fourth-order valence-electron chi connectivity index (χ4n) is 1.72. The van der Waals surface area contributed by atoms with E-state index in [2.05, 4.69) is 25.8 Å². The maximum atomic E-state index is 5.62. The second kappa shape index (κ2) is 10.4. The summed E-state index contributed by atoms with van der Waals surface area (Å²) < 4.78 is 0. The summed E-state index contributed by atoms with van der Waals surface area (Å²) in [5.74, 6) is 0. The summed E-state index contributed by atoms with van der Waals surface area (Å²) in [6.07, 6.45) is 9.71. The van der Waals surface area contributed by atoms with Crippen molar-refractivity contribution in [1.82, 2.24) is 4.90 Å². The molecule has 0 aromatic heterocycles. The number of nitrogens with zero attached hydrogens (tertiary/aromatic N) is 1. The van der Waals surface area contributed by atoms with Gasteiger partial charge in [-0.2, -0.15) is 0 Å². The number of unbranched alkanes of at least 4 members (excludes halogenated alkanes) is 6. The predicted octanol–water partition coefficient (Wildman–Crippen LogP) is 3.02. The number of hydrogen-bond acceptors (Lipinski definition) is 2. The van der Waals surface area contributed by atoms with Gasteiger partial charge in [0.05, 0.1) is 0 Å². The first-order chi connectivity index (χ1) is 7.22. The molecule has 0 aliphatic rings. The Morgan fingerprint density at radius 1 is 1.00 bits per heavy atom. The second-order valence-corrected chi connectivity index (χ2v) is 4.69. The molecule has 0 aliphatic carbocycles. The molecule has 0 bridgehead atoms. The Kier molecular flexibility index (Phi) is 10.4. The highest BCUT2D eigenvalue weighted by molar-refractivity contribution is 4.63. The average Bonchev–Trinajstić information content (AvgIpc) is 2.26. The topological polar surface area (TPSA) is 29.3 Å². The molecule has 0 rings (SSSR count). The lowest BCUT2D eigenvalue weighted by Gasteiger charge is -2.22.